The predicted octanol–water partition coefficient (Wildman–Crippen LogP) is 1.87. The van der Waals surface area contributed by atoms with Crippen molar-refractivity contribution in [1.82, 2.24) is 4.90 Å². The lowest BCUT2D eigenvalue weighted by Crippen LogP contribution is -2.43. The predicted molar refractivity (Wildman–Crippen MR) is 67.0 cm³/mol. The Bertz CT molecular complexity index is 250. The number of amides is 1. The van der Waals surface area contributed by atoms with Gasteiger partial charge in [-0.25, -0.2) is 0 Å². The van der Waals surface area contributed by atoms with Crippen LogP contribution in [0.3, 0.4) is 0 Å². The lowest BCUT2D eigenvalue weighted by atomic mass is 9.93. The lowest BCUT2D eigenvalue weighted by Gasteiger charge is -2.32. The van der Waals surface area contributed by atoms with Crippen LogP contribution in [0.4, 0.5) is 0 Å². The normalized spacial score (nSPS) is 24.3. The van der Waals surface area contributed by atoms with Crippen LogP contribution >= 0.6 is 0 Å². The molecule has 0 aromatic heterocycles. The van der Waals surface area contributed by atoms with Gasteiger partial charge in [-0.3, -0.25) is 4.79 Å². The van der Waals surface area contributed by atoms with Crippen molar-refractivity contribution < 1.29 is 4.79 Å². The van der Waals surface area contributed by atoms with Crippen molar-refractivity contribution in [3.63, 3.8) is 0 Å². The average Bonchev–Trinajstić information content (AvgIpc) is 2.94. The first-order valence-electron chi connectivity index (χ1n) is 6.40. The molecule has 1 saturated carbocycles. The molecule has 2 N–H and O–H groups in total. The van der Waals surface area contributed by atoms with Gasteiger partial charge in [0.15, 0.2) is 0 Å². The van der Waals surface area contributed by atoms with E-state index in [-0.39, 0.29) is 5.41 Å². The number of hydrogen-bond donors (Lipinski definition) is 1. The second-order valence-electron chi connectivity index (χ2n) is 5.95. The Kier molecular flexibility index (Phi) is 4.36. The summed E-state index contributed by atoms with van der Waals surface area (Å²) >= 11 is 0. The second-order valence-corrected chi connectivity index (χ2v) is 5.95. The monoisotopic (exact) mass is 226 g/mol. The highest BCUT2D eigenvalue weighted by Gasteiger charge is 2.42. The molecular formula is C13H26N2O. The molecule has 0 radical (unpaired) electrons. The number of carbonyl (C=O) groups excluding carboxylic acids is 1. The summed E-state index contributed by atoms with van der Waals surface area (Å²) in [4.78, 5) is 14.2. The van der Waals surface area contributed by atoms with Crippen LogP contribution in [0.15, 0.2) is 0 Å². The quantitative estimate of drug-likeness (QED) is 0.751. The molecule has 1 aliphatic rings. The molecule has 0 saturated heterocycles. The highest BCUT2D eigenvalue weighted by Crippen LogP contribution is 2.39. The smallest absolute Gasteiger partial charge is 0.225 e. The molecule has 0 aliphatic heterocycles. The van der Waals surface area contributed by atoms with Gasteiger partial charge in [0, 0.05) is 19.0 Å². The number of nitrogens with zero attached hydrogens (tertiary/aromatic N) is 1. The summed E-state index contributed by atoms with van der Waals surface area (Å²) in [6.45, 7) is 10.8. The summed E-state index contributed by atoms with van der Waals surface area (Å²) in [6.07, 6.45) is 2.09. The Balaban J connectivity index is 2.56. The van der Waals surface area contributed by atoms with Crippen LogP contribution < -0.4 is 5.73 Å². The van der Waals surface area contributed by atoms with Gasteiger partial charge in [-0.15, -0.1) is 0 Å². The summed E-state index contributed by atoms with van der Waals surface area (Å²) < 4.78 is 0. The number of hydrogen-bond acceptors (Lipinski definition) is 2. The van der Waals surface area contributed by atoms with Gasteiger partial charge in [0.05, 0.1) is 0 Å². The first kappa shape index (κ1) is 13.5. The summed E-state index contributed by atoms with van der Waals surface area (Å²) in [5.74, 6) is 1.23. The number of rotatable bonds is 6. The third-order valence-electron chi connectivity index (χ3n) is 3.40. The molecule has 1 rings (SSSR count). The molecule has 1 amide bonds. The highest BCUT2D eigenvalue weighted by molar-refractivity contribution is 5.81. The van der Waals surface area contributed by atoms with E-state index < -0.39 is 0 Å². The Morgan fingerprint density at radius 1 is 1.50 bits per heavy atom. The standard InChI is InChI=1S/C13H26N2O/c1-5-6-15(9-13(3,4)8-14)12(16)11-7-10(11)2/h10-11H,5-9,14H2,1-4H3. The van der Waals surface area contributed by atoms with E-state index in [2.05, 4.69) is 27.7 Å². The molecule has 2 atom stereocenters. The highest BCUT2D eigenvalue weighted by atomic mass is 16.2. The maximum absolute atomic E-state index is 12.2. The number of carbonyl (C=O) groups is 1. The van der Waals surface area contributed by atoms with Crippen LogP contribution in [0.2, 0.25) is 0 Å². The van der Waals surface area contributed by atoms with Crippen molar-refractivity contribution in [2.75, 3.05) is 19.6 Å². The molecule has 0 aromatic carbocycles. The molecule has 16 heavy (non-hydrogen) atoms. The van der Waals surface area contributed by atoms with E-state index in [1.807, 2.05) is 4.90 Å². The topological polar surface area (TPSA) is 46.3 Å². The zero-order valence-corrected chi connectivity index (χ0v) is 11.1. The van der Waals surface area contributed by atoms with Crippen molar-refractivity contribution in [2.24, 2.45) is 23.0 Å². The van der Waals surface area contributed by atoms with Gasteiger partial charge in [-0.05, 0) is 30.7 Å². The molecule has 1 aliphatic carbocycles. The van der Waals surface area contributed by atoms with Crippen LogP contribution in [-0.2, 0) is 4.79 Å². The van der Waals surface area contributed by atoms with Crippen LogP contribution in [0.5, 0.6) is 0 Å². The fourth-order valence-corrected chi connectivity index (χ4v) is 2.02. The van der Waals surface area contributed by atoms with Crippen molar-refractivity contribution in [1.29, 1.82) is 0 Å². The van der Waals surface area contributed by atoms with Gasteiger partial charge in [0.1, 0.15) is 0 Å². The first-order valence-corrected chi connectivity index (χ1v) is 6.40. The van der Waals surface area contributed by atoms with Gasteiger partial charge < -0.3 is 10.6 Å². The van der Waals surface area contributed by atoms with Gasteiger partial charge in [0.2, 0.25) is 5.91 Å². The molecule has 0 bridgehead atoms. The largest absolute Gasteiger partial charge is 0.342 e. The fourth-order valence-electron chi connectivity index (χ4n) is 2.02. The van der Waals surface area contributed by atoms with Crippen molar-refractivity contribution in [2.45, 2.75) is 40.5 Å². The van der Waals surface area contributed by atoms with Crippen LogP contribution in [0.25, 0.3) is 0 Å². The van der Waals surface area contributed by atoms with Crippen molar-refractivity contribution in [3.05, 3.63) is 0 Å². The molecule has 1 fully saturated rings. The first-order chi connectivity index (χ1) is 7.41. The Labute approximate surface area is 99.4 Å². The van der Waals surface area contributed by atoms with E-state index in [1.165, 1.54) is 0 Å². The average molecular weight is 226 g/mol. The van der Waals surface area contributed by atoms with E-state index in [1.54, 1.807) is 0 Å². The summed E-state index contributed by atoms with van der Waals surface area (Å²) in [7, 11) is 0. The maximum atomic E-state index is 12.2. The third kappa shape index (κ3) is 3.48. The Morgan fingerprint density at radius 2 is 2.06 bits per heavy atom. The SMILES string of the molecule is CCCN(CC(C)(C)CN)C(=O)C1CC1C. The van der Waals surface area contributed by atoms with Crippen molar-refractivity contribution in [3.8, 4) is 0 Å². The fraction of sp³-hybridized carbons (Fsp3) is 0.923. The summed E-state index contributed by atoms with van der Waals surface area (Å²) in [6, 6.07) is 0. The molecule has 3 heteroatoms. The molecule has 94 valence electrons. The number of nitrogens with two attached hydrogens (primary N) is 1. The second kappa shape index (κ2) is 5.17. The van der Waals surface area contributed by atoms with Crippen LogP contribution in [0, 0.1) is 17.3 Å². The molecule has 0 heterocycles. The lowest BCUT2D eigenvalue weighted by molar-refractivity contribution is -0.134. The zero-order valence-electron chi connectivity index (χ0n) is 11.1. The van der Waals surface area contributed by atoms with E-state index in [0.29, 0.717) is 24.3 Å². The van der Waals surface area contributed by atoms with Gasteiger partial charge in [-0.2, -0.15) is 0 Å². The molecular weight excluding hydrogens is 200 g/mol. The van der Waals surface area contributed by atoms with E-state index in [0.717, 1.165) is 25.9 Å². The molecule has 0 spiro atoms. The molecule has 2 unspecified atom stereocenters. The summed E-state index contributed by atoms with van der Waals surface area (Å²) in [5.41, 5.74) is 5.76. The van der Waals surface area contributed by atoms with Crippen LogP contribution in [-0.4, -0.2) is 30.4 Å². The third-order valence-corrected chi connectivity index (χ3v) is 3.40. The molecule has 0 aromatic rings. The Hall–Kier alpha value is -0.570. The Morgan fingerprint density at radius 3 is 2.44 bits per heavy atom. The van der Waals surface area contributed by atoms with Gasteiger partial charge in [0.25, 0.3) is 0 Å². The van der Waals surface area contributed by atoms with Crippen molar-refractivity contribution >= 4 is 5.91 Å². The van der Waals surface area contributed by atoms with Gasteiger partial charge >= 0.3 is 0 Å². The zero-order chi connectivity index (χ0) is 12.3. The van der Waals surface area contributed by atoms with Gasteiger partial charge in [-0.1, -0.05) is 27.7 Å². The van der Waals surface area contributed by atoms with E-state index in [4.69, 9.17) is 5.73 Å². The minimum atomic E-state index is 0.0307. The van der Waals surface area contributed by atoms with E-state index >= 15 is 0 Å². The van der Waals surface area contributed by atoms with Crippen LogP contribution in [0.1, 0.15) is 40.5 Å². The minimum Gasteiger partial charge on any atom is -0.342 e. The molecule has 3 nitrogen and oxygen atoms in total. The maximum Gasteiger partial charge on any atom is 0.225 e. The summed E-state index contributed by atoms with van der Waals surface area (Å²) in [5, 5.41) is 0. The van der Waals surface area contributed by atoms with E-state index in [9.17, 15) is 4.79 Å². The minimum absolute atomic E-state index is 0.0307.